The predicted octanol–water partition coefficient (Wildman–Crippen LogP) is 2.59. The maximum Gasteiger partial charge on any atom is 0.0110 e. The van der Waals surface area contributed by atoms with Crippen LogP contribution in [-0.4, -0.2) is 62.2 Å². The summed E-state index contributed by atoms with van der Waals surface area (Å²) in [6.45, 7) is 14.4. The third-order valence-corrected chi connectivity index (χ3v) is 5.52. The van der Waals surface area contributed by atoms with Gasteiger partial charge in [0.05, 0.1) is 0 Å². The van der Waals surface area contributed by atoms with E-state index in [1.54, 1.807) is 5.57 Å². The first-order chi connectivity index (χ1) is 10.1. The topological polar surface area (TPSA) is 18.5 Å². The minimum atomic E-state index is 0.631. The normalized spacial score (nSPS) is 30.2. The summed E-state index contributed by atoms with van der Waals surface area (Å²) in [5, 5.41) is 3.78. The van der Waals surface area contributed by atoms with Crippen molar-refractivity contribution in [2.24, 2.45) is 11.8 Å². The maximum atomic E-state index is 3.78. The fraction of sp³-hybridized carbons (Fsp3) is 0.889. The van der Waals surface area contributed by atoms with Gasteiger partial charge in [0.1, 0.15) is 0 Å². The van der Waals surface area contributed by atoms with Gasteiger partial charge in [0, 0.05) is 38.8 Å². The number of nitrogens with zero attached hydrogens (tertiary/aromatic N) is 2. The van der Waals surface area contributed by atoms with E-state index in [9.17, 15) is 0 Å². The SMILES string of the molecule is CC1=CCCC(C)C1CNC(C)CCN1CCN(C)CC1. The summed E-state index contributed by atoms with van der Waals surface area (Å²) in [4.78, 5) is 5.05. The predicted molar refractivity (Wildman–Crippen MR) is 91.7 cm³/mol. The summed E-state index contributed by atoms with van der Waals surface area (Å²) in [5.41, 5.74) is 1.60. The molecule has 3 heteroatoms. The van der Waals surface area contributed by atoms with Crippen LogP contribution < -0.4 is 5.32 Å². The summed E-state index contributed by atoms with van der Waals surface area (Å²) in [5.74, 6) is 1.59. The second-order valence-electron chi connectivity index (χ2n) is 7.35. The van der Waals surface area contributed by atoms with Gasteiger partial charge in [-0.05, 0) is 58.5 Å². The number of likely N-dealkylation sites (N-methyl/N-ethyl adjacent to an activating group) is 1. The molecular formula is C18H35N3. The Morgan fingerprint density at radius 3 is 2.67 bits per heavy atom. The Labute approximate surface area is 131 Å². The molecule has 2 aliphatic rings. The smallest absolute Gasteiger partial charge is 0.0110 e. The lowest BCUT2D eigenvalue weighted by atomic mass is 9.80. The maximum absolute atomic E-state index is 3.78. The molecule has 21 heavy (non-hydrogen) atoms. The molecule has 1 heterocycles. The quantitative estimate of drug-likeness (QED) is 0.760. The molecule has 1 aliphatic carbocycles. The van der Waals surface area contributed by atoms with Crippen LogP contribution in [0.3, 0.4) is 0 Å². The zero-order chi connectivity index (χ0) is 15.2. The first-order valence-electron chi connectivity index (χ1n) is 8.87. The lowest BCUT2D eigenvalue weighted by Gasteiger charge is -2.33. The Morgan fingerprint density at radius 1 is 1.29 bits per heavy atom. The number of rotatable bonds is 6. The Morgan fingerprint density at radius 2 is 2.00 bits per heavy atom. The molecule has 0 aromatic carbocycles. The summed E-state index contributed by atoms with van der Waals surface area (Å²) in [6.07, 6.45) is 6.36. The van der Waals surface area contributed by atoms with Crippen LogP contribution >= 0.6 is 0 Å². The molecule has 3 nitrogen and oxygen atoms in total. The molecule has 1 aliphatic heterocycles. The molecular weight excluding hydrogens is 258 g/mol. The van der Waals surface area contributed by atoms with Crippen LogP contribution in [-0.2, 0) is 0 Å². The van der Waals surface area contributed by atoms with Gasteiger partial charge in [0.25, 0.3) is 0 Å². The van der Waals surface area contributed by atoms with E-state index < -0.39 is 0 Å². The van der Waals surface area contributed by atoms with Gasteiger partial charge in [-0.3, -0.25) is 0 Å². The summed E-state index contributed by atoms with van der Waals surface area (Å²) < 4.78 is 0. The van der Waals surface area contributed by atoms with E-state index in [2.05, 4.69) is 49.0 Å². The molecule has 1 saturated heterocycles. The molecule has 3 atom stereocenters. The minimum Gasteiger partial charge on any atom is -0.314 e. The van der Waals surface area contributed by atoms with Gasteiger partial charge in [-0.1, -0.05) is 18.6 Å². The van der Waals surface area contributed by atoms with E-state index in [0.717, 1.165) is 18.4 Å². The zero-order valence-corrected chi connectivity index (χ0v) is 14.6. The van der Waals surface area contributed by atoms with E-state index in [-0.39, 0.29) is 0 Å². The standard InChI is InChI=1S/C18H35N3/c1-15-6-5-7-16(2)18(15)14-19-17(3)8-9-21-12-10-20(4)11-13-21/h6,16-19H,5,7-14H2,1-4H3. The van der Waals surface area contributed by atoms with Crippen LogP contribution in [0.4, 0.5) is 0 Å². The molecule has 122 valence electrons. The van der Waals surface area contributed by atoms with Crippen LogP contribution in [0.2, 0.25) is 0 Å². The molecule has 0 bridgehead atoms. The third kappa shape index (κ3) is 5.39. The molecule has 0 aromatic heterocycles. The Hall–Kier alpha value is -0.380. The van der Waals surface area contributed by atoms with E-state index >= 15 is 0 Å². The lowest BCUT2D eigenvalue weighted by molar-refractivity contribution is 0.149. The first-order valence-corrected chi connectivity index (χ1v) is 8.87. The number of piperazine rings is 1. The second-order valence-corrected chi connectivity index (χ2v) is 7.35. The molecule has 0 saturated carbocycles. The minimum absolute atomic E-state index is 0.631. The zero-order valence-electron chi connectivity index (χ0n) is 14.6. The van der Waals surface area contributed by atoms with Crippen molar-refractivity contribution in [3.05, 3.63) is 11.6 Å². The van der Waals surface area contributed by atoms with Crippen molar-refractivity contribution in [3.8, 4) is 0 Å². The Bertz CT molecular complexity index is 331. The van der Waals surface area contributed by atoms with Gasteiger partial charge < -0.3 is 15.1 Å². The van der Waals surface area contributed by atoms with Crippen molar-refractivity contribution < 1.29 is 0 Å². The van der Waals surface area contributed by atoms with Crippen molar-refractivity contribution >= 4 is 0 Å². The number of nitrogens with one attached hydrogen (secondary N) is 1. The number of hydrogen-bond acceptors (Lipinski definition) is 3. The first kappa shape index (κ1) is 17.0. The van der Waals surface area contributed by atoms with Crippen molar-refractivity contribution in [3.63, 3.8) is 0 Å². The number of hydrogen-bond donors (Lipinski definition) is 1. The Balaban J connectivity index is 1.64. The Kier molecular flexibility index (Phi) is 6.72. The lowest BCUT2D eigenvalue weighted by Crippen LogP contribution is -2.46. The fourth-order valence-electron chi connectivity index (χ4n) is 3.62. The summed E-state index contributed by atoms with van der Waals surface area (Å²) >= 11 is 0. The highest BCUT2D eigenvalue weighted by Crippen LogP contribution is 2.29. The molecule has 0 spiro atoms. The average Bonchev–Trinajstić information content (AvgIpc) is 2.46. The van der Waals surface area contributed by atoms with Crippen LogP contribution in [0.1, 0.15) is 40.0 Å². The third-order valence-electron chi connectivity index (χ3n) is 5.52. The highest BCUT2D eigenvalue weighted by molar-refractivity contribution is 5.09. The van der Waals surface area contributed by atoms with Crippen LogP contribution in [0.25, 0.3) is 0 Å². The largest absolute Gasteiger partial charge is 0.314 e. The molecule has 3 unspecified atom stereocenters. The van der Waals surface area contributed by atoms with Gasteiger partial charge in [0.2, 0.25) is 0 Å². The van der Waals surface area contributed by atoms with Gasteiger partial charge in [-0.25, -0.2) is 0 Å². The highest BCUT2D eigenvalue weighted by atomic mass is 15.2. The molecule has 0 amide bonds. The van der Waals surface area contributed by atoms with Gasteiger partial charge in [-0.15, -0.1) is 0 Å². The summed E-state index contributed by atoms with van der Waals surface area (Å²) in [7, 11) is 2.22. The molecule has 0 radical (unpaired) electrons. The van der Waals surface area contributed by atoms with E-state index in [1.807, 2.05) is 0 Å². The molecule has 1 fully saturated rings. The van der Waals surface area contributed by atoms with Crippen LogP contribution in [0.15, 0.2) is 11.6 Å². The molecule has 1 N–H and O–H groups in total. The van der Waals surface area contributed by atoms with E-state index in [0.29, 0.717) is 6.04 Å². The highest BCUT2D eigenvalue weighted by Gasteiger charge is 2.22. The van der Waals surface area contributed by atoms with Crippen LogP contribution in [0.5, 0.6) is 0 Å². The van der Waals surface area contributed by atoms with Gasteiger partial charge >= 0.3 is 0 Å². The monoisotopic (exact) mass is 293 g/mol. The van der Waals surface area contributed by atoms with Crippen molar-refractivity contribution in [1.82, 2.24) is 15.1 Å². The van der Waals surface area contributed by atoms with Gasteiger partial charge in [0.15, 0.2) is 0 Å². The van der Waals surface area contributed by atoms with Gasteiger partial charge in [-0.2, -0.15) is 0 Å². The fourth-order valence-corrected chi connectivity index (χ4v) is 3.62. The molecule has 2 rings (SSSR count). The van der Waals surface area contributed by atoms with E-state index in [1.165, 1.54) is 52.0 Å². The second kappa shape index (κ2) is 8.30. The van der Waals surface area contributed by atoms with Crippen LogP contribution in [0, 0.1) is 11.8 Å². The van der Waals surface area contributed by atoms with E-state index in [4.69, 9.17) is 0 Å². The van der Waals surface area contributed by atoms with Crippen molar-refractivity contribution in [2.75, 3.05) is 46.3 Å². The molecule has 0 aromatic rings. The van der Waals surface area contributed by atoms with Crippen molar-refractivity contribution in [2.45, 2.75) is 46.1 Å². The number of allylic oxidation sites excluding steroid dienone is 1. The van der Waals surface area contributed by atoms with Crippen molar-refractivity contribution in [1.29, 1.82) is 0 Å². The average molecular weight is 293 g/mol. The summed E-state index contributed by atoms with van der Waals surface area (Å²) in [6, 6.07) is 0.631.